The Morgan fingerprint density at radius 3 is 3.00 bits per heavy atom. The Morgan fingerprint density at radius 2 is 2.22 bits per heavy atom. The summed E-state index contributed by atoms with van der Waals surface area (Å²) in [5.41, 5.74) is 0.824. The Morgan fingerprint density at radius 1 is 1.33 bits per heavy atom. The van der Waals surface area contributed by atoms with E-state index >= 15 is 0 Å². The summed E-state index contributed by atoms with van der Waals surface area (Å²) >= 11 is 0. The van der Waals surface area contributed by atoms with E-state index < -0.39 is 0 Å². The largest absolute Gasteiger partial charge is 0.329 e. The summed E-state index contributed by atoms with van der Waals surface area (Å²) in [5.74, 6) is 0.130. The summed E-state index contributed by atoms with van der Waals surface area (Å²) in [5, 5.41) is 0. The highest BCUT2D eigenvalue weighted by atomic mass is 16.2. The lowest BCUT2D eigenvalue weighted by Crippen LogP contribution is -2.56. The lowest BCUT2D eigenvalue weighted by molar-refractivity contribution is -0.154. The number of fused-ring (bicyclic) bond motifs is 1. The van der Waals surface area contributed by atoms with Gasteiger partial charge >= 0.3 is 0 Å². The molecular formula is C13H15N3O2. The first kappa shape index (κ1) is 11.2. The van der Waals surface area contributed by atoms with Crippen LogP contribution in [0.5, 0.6) is 0 Å². The van der Waals surface area contributed by atoms with E-state index in [0.717, 1.165) is 25.1 Å². The van der Waals surface area contributed by atoms with Crippen LogP contribution in [0.2, 0.25) is 0 Å². The van der Waals surface area contributed by atoms with Gasteiger partial charge in [0.2, 0.25) is 11.8 Å². The van der Waals surface area contributed by atoms with Gasteiger partial charge in [-0.3, -0.25) is 14.6 Å². The van der Waals surface area contributed by atoms with Crippen molar-refractivity contribution in [3.8, 4) is 0 Å². The number of pyridine rings is 1. The lowest BCUT2D eigenvalue weighted by atomic mass is 10.1. The van der Waals surface area contributed by atoms with E-state index in [2.05, 4.69) is 4.98 Å². The number of hydrogen-bond donors (Lipinski definition) is 0. The van der Waals surface area contributed by atoms with Crippen LogP contribution >= 0.6 is 0 Å². The first-order valence-electron chi connectivity index (χ1n) is 6.24. The number of amides is 2. The van der Waals surface area contributed by atoms with Crippen LogP contribution in [0.1, 0.15) is 18.5 Å². The van der Waals surface area contributed by atoms with Crippen molar-refractivity contribution in [2.45, 2.75) is 25.4 Å². The third-order valence-corrected chi connectivity index (χ3v) is 3.58. The second-order valence-corrected chi connectivity index (χ2v) is 4.76. The molecule has 0 bridgehead atoms. The van der Waals surface area contributed by atoms with Crippen LogP contribution in [0.25, 0.3) is 0 Å². The van der Waals surface area contributed by atoms with Crippen LogP contribution in [-0.2, 0) is 16.1 Å². The standard InChI is InChI=1S/C13H15N3O2/c17-12-9-15(8-10-4-1-2-6-14-10)13(18)11-5-3-7-16(11)12/h1-2,4,6,11H,3,5,7-9H2. The number of nitrogens with zero attached hydrogens (tertiary/aromatic N) is 3. The second kappa shape index (κ2) is 4.40. The Hall–Kier alpha value is -1.91. The molecule has 5 nitrogen and oxygen atoms in total. The van der Waals surface area contributed by atoms with E-state index in [1.165, 1.54) is 0 Å². The van der Waals surface area contributed by atoms with Gasteiger partial charge in [0.25, 0.3) is 0 Å². The molecule has 0 N–H and O–H groups in total. The number of hydrogen-bond acceptors (Lipinski definition) is 3. The van der Waals surface area contributed by atoms with Crippen molar-refractivity contribution in [2.75, 3.05) is 13.1 Å². The van der Waals surface area contributed by atoms with Crippen LogP contribution in [0.15, 0.2) is 24.4 Å². The third kappa shape index (κ3) is 1.85. The maximum absolute atomic E-state index is 12.3. The van der Waals surface area contributed by atoms with Gasteiger partial charge in [0, 0.05) is 12.7 Å². The van der Waals surface area contributed by atoms with Gasteiger partial charge in [-0.25, -0.2) is 0 Å². The molecular weight excluding hydrogens is 230 g/mol. The molecule has 0 saturated carbocycles. The zero-order valence-corrected chi connectivity index (χ0v) is 10.1. The molecule has 3 heterocycles. The van der Waals surface area contributed by atoms with E-state index in [9.17, 15) is 9.59 Å². The first-order valence-corrected chi connectivity index (χ1v) is 6.24. The fraction of sp³-hybridized carbons (Fsp3) is 0.462. The van der Waals surface area contributed by atoms with Gasteiger partial charge in [0.1, 0.15) is 12.6 Å². The van der Waals surface area contributed by atoms with Crippen molar-refractivity contribution in [2.24, 2.45) is 0 Å². The molecule has 1 aromatic rings. The summed E-state index contributed by atoms with van der Waals surface area (Å²) in [4.78, 5) is 31.7. The van der Waals surface area contributed by atoms with Gasteiger partial charge in [0.05, 0.1) is 12.2 Å². The van der Waals surface area contributed by atoms with Crippen molar-refractivity contribution < 1.29 is 9.59 Å². The number of carbonyl (C=O) groups excluding carboxylic acids is 2. The third-order valence-electron chi connectivity index (χ3n) is 3.58. The van der Waals surface area contributed by atoms with E-state index in [-0.39, 0.29) is 24.4 Å². The van der Waals surface area contributed by atoms with E-state index in [0.29, 0.717) is 6.54 Å². The summed E-state index contributed by atoms with van der Waals surface area (Å²) in [6.45, 7) is 1.34. The van der Waals surface area contributed by atoms with Crippen molar-refractivity contribution in [3.05, 3.63) is 30.1 Å². The Balaban J connectivity index is 1.77. The Bertz CT molecular complexity index is 474. The fourth-order valence-electron chi connectivity index (χ4n) is 2.69. The maximum atomic E-state index is 12.3. The molecule has 2 aliphatic rings. The van der Waals surface area contributed by atoms with Crippen molar-refractivity contribution in [3.63, 3.8) is 0 Å². The summed E-state index contributed by atoms with van der Waals surface area (Å²) < 4.78 is 0. The lowest BCUT2D eigenvalue weighted by Gasteiger charge is -2.36. The van der Waals surface area contributed by atoms with E-state index in [1.807, 2.05) is 18.2 Å². The molecule has 5 heteroatoms. The Kier molecular flexibility index (Phi) is 2.74. The quantitative estimate of drug-likeness (QED) is 0.758. The normalized spacial score (nSPS) is 23.4. The van der Waals surface area contributed by atoms with Gasteiger partial charge in [0.15, 0.2) is 0 Å². The zero-order valence-electron chi connectivity index (χ0n) is 10.1. The smallest absolute Gasteiger partial charge is 0.246 e. The molecule has 0 radical (unpaired) electrons. The van der Waals surface area contributed by atoms with Gasteiger partial charge in [-0.05, 0) is 25.0 Å². The predicted octanol–water partition coefficient (Wildman–Crippen LogP) is 0.415. The van der Waals surface area contributed by atoms with E-state index in [1.54, 1.807) is 16.0 Å². The van der Waals surface area contributed by atoms with Crippen LogP contribution < -0.4 is 0 Å². The van der Waals surface area contributed by atoms with Gasteiger partial charge < -0.3 is 9.80 Å². The molecule has 0 aliphatic carbocycles. The minimum Gasteiger partial charge on any atom is -0.329 e. The molecule has 2 saturated heterocycles. The molecule has 1 aromatic heterocycles. The van der Waals surface area contributed by atoms with Crippen LogP contribution in [-0.4, -0.2) is 45.7 Å². The van der Waals surface area contributed by atoms with Crippen LogP contribution in [0, 0.1) is 0 Å². The van der Waals surface area contributed by atoms with Gasteiger partial charge in [-0.1, -0.05) is 6.07 Å². The molecule has 0 aromatic carbocycles. The number of aromatic nitrogens is 1. The predicted molar refractivity (Wildman–Crippen MR) is 64.4 cm³/mol. The molecule has 2 amide bonds. The monoisotopic (exact) mass is 245 g/mol. The first-order chi connectivity index (χ1) is 8.75. The average molecular weight is 245 g/mol. The van der Waals surface area contributed by atoms with Gasteiger partial charge in [-0.15, -0.1) is 0 Å². The second-order valence-electron chi connectivity index (χ2n) is 4.76. The highest BCUT2D eigenvalue weighted by Gasteiger charge is 2.41. The topological polar surface area (TPSA) is 53.5 Å². The number of rotatable bonds is 2. The molecule has 1 unspecified atom stereocenters. The molecule has 2 aliphatic heterocycles. The molecule has 1 atom stereocenters. The molecule has 0 spiro atoms. The minimum atomic E-state index is -0.227. The highest BCUT2D eigenvalue weighted by Crippen LogP contribution is 2.24. The van der Waals surface area contributed by atoms with Crippen molar-refractivity contribution >= 4 is 11.8 Å². The summed E-state index contributed by atoms with van der Waals surface area (Å²) in [6.07, 6.45) is 3.43. The number of carbonyl (C=O) groups is 2. The summed E-state index contributed by atoms with van der Waals surface area (Å²) in [7, 11) is 0. The molecule has 2 fully saturated rings. The van der Waals surface area contributed by atoms with Crippen LogP contribution in [0.4, 0.5) is 0 Å². The van der Waals surface area contributed by atoms with Crippen LogP contribution in [0.3, 0.4) is 0 Å². The SMILES string of the molecule is O=C1C2CCCN2C(=O)CN1Cc1ccccn1. The van der Waals surface area contributed by atoms with Gasteiger partial charge in [-0.2, -0.15) is 0 Å². The molecule has 3 rings (SSSR count). The highest BCUT2D eigenvalue weighted by molar-refractivity contribution is 5.95. The average Bonchev–Trinajstić information content (AvgIpc) is 2.87. The van der Waals surface area contributed by atoms with Crippen molar-refractivity contribution in [1.82, 2.24) is 14.8 Å². The van der Waals surface area contributed by atoms with Crippen molar-refractivity contribution in [1.29, 1.82) is 0 Å². The molecule has 18 heavy (non-hydrogen) atoms. The zero-order chi connectivity index (χ0) is 12.5. The fourth-order valence-corrected chi connectivity index (χ4v) is 2.69. The Labute approximate surface area is 105 Å². The van der Waals surface area contributed by atoms with E-state index in [4.69, 9.17) is 0 Å². The number of piperazine rings is 1. The minimum absolute atomic E-state index is 0.0630. The summed E-state index contributed by atoms with van der Waals surface area (Å²) in [6, 6.07) is 5.37. The maximum Gasteiger partial charge on any atom is 0.246 e. The molecule has 94 valence electrons.